The molecule has 0 aliphatic rings. The molecule has 0 saturated heterocycles. The third-order valence-corrected chi connectivity index (χ3v) is 5.64. The molecule has 4 aromatic rings. The Labute approximate surface area is 218 Å². The number of carbonyl (C=O) groups is 2. The number of halogens is 1. The molecule has 0 N–H and O–H groups in total. The molecule has 4 rings (SSSR count). The van der Waals surface area contributed by atoms with Gasteiger partial charge in [-0.3, -0.25) is 9.97 Å². The Balaban J connectivity index is 0.000000196. The lowest BCUT2D eigenvalue weighted by molar-refractivity contribution is 0.0592. The van der Waals surface area contributed by atoms with Crippen LogP contribution in [0.4, 0.5) is 0 Å². The first kappa shape index (κ1) is 26.0. The molecule has 0 amide bonds. The predicted octanol–water partition coefficient (Wildman–Crippen LogP) is 6.29. The van der Waals surface area contributed by atoms with Gasteiger partial charge in [-0.15, -0.1) is 0 Å². The van der Waals surface area contributed by atoms with Gasteiger partial charge in [-0.1, -0.05) is 24.3 Å². The highest BCUT2D eigenvalue weighted by molar-refractivity contribution is 14.1. The van der Waals surface area contributed by atoms with Crippen LogP contribution in [0.3, 0.4) is 0 Å². The second kappa shape index (κ2) is 12.2. The highest BCUT2D eigenvalue weighted by atomic mass is 127. The van der Waals surface area contributed by atoms with Gasteiger partial charge in [0.2, 0.25) is 0 Å². The van der Waals surface area contributed by atoms with Crippen molar-refractivity contribution in [1.29, 1.82) is 0 Å². The zero-order valence-electron chi connectivity index (χ0n) is 19.9. The molecular weight excluding hydrogens is 555 g/mol. The van der Waals surface area contributed by atoms with Gasteiger partial charge in [0.1, 0.15) is 0 Å². The van der Waals surface area contributed by atoms with E-state index in [1.54, 1.807) is 30.5 Å². The van der Waals surface area contributed by atoms with E-state index in [1.807, 2.05) is 62.5 Å². The van der Waals surface area contributed by atoms with Crippen LogP contribution in [0.5, 0.6) is 0 Å². The Morgan fingerprint density at radius 3 is 1.77 bits per heavy atom. The van der Waals surface area contributed by atoms with E-state index in [9.17, 15) is 9.59 Å². The molecule has 178 valence electrons. The molecular formula is C28H25IN2O4. The summed E-state index contributed by atoms with van der Waals surface area (Å²) in [6.07, 6.45) is 3.62. The molecule has 2 aromatic heterocycles. The van der Waals surface area contributed by atoms with Crippen LogP contribution in [0.2, 0.25) is 0 Å². The molecule has 0 bridgehead atoms. The molecule has 35 heavy (non-hydrogen) atoms. The highest BCUT2D eigenvalue weighted by Crippen LogP contribution is 2.22. The Bertz CT molecular complexity index is 1320. The molecule has 2 aromatic carbocycles. The SMILES string of the molecule is COC(=O)c1cc(I)cc(-c2ccc(C)cn2)c1.COC(=O)c1cccc(-c2ccc(C)cn2)c1. The standard InChI is InChI=1S/C14H12INO2.C14H13NO2/c1-9-3-4-13(16-8-9)10-5-11(14(17)18-2)7-12(15)6-10;1-10-6-7-13(15-9-10)11-4-3-5-12(8-11)14(16)17-2/h3-8H,1-2H3;3-9H,1-2H3. The van der Waals surface area contributed by atoms with Crippen molar-refractivity contribution >= 4 is 34.5 Å². The van der Waals surface area contributed by atoms with Crippen molar-refractivity contribution < 1.29 is 19.1 Å². The van der Waals surface area contributed by atoms with Crippen LogP contribution in [0, 0.1) is 17.4 Å². The molecule has 0 unspecified atom stereocenters. The predicted molar refractivity (Wildman–Crippen MR) is 144 cm³/mol. The fourth-order valence-electron chi connectivity index (χ4n) is 3.17. The largest absolute Gasteiger partial charge is 0.465 e. The molecule has 0 fully saturated rings. The summed E-state index contributed by atoms with van der Waals surface area (Å²) in [5.74, 6) is -0.666. The Morgan fingerprint density at radius 2 is 1.23 bits per heavy atom. The van der Waals surface area contributed by atoms with Gasteiger partial charge >= 0.3 is 11.9 Å². The van der Waals surface area contributed by atoms with E-state index < -0.39 is 0 Å². The zero-order chi connectivity index (χ0) is 25.4. The van der Waals surface area contributed by atoms with Gasteiger partial charge < -0.3 is 9.47 Å². The van der Waals surface area contributed by atoms with Crippen LogP contribution in [0.25, 0.3) is 22.5 Å². The molecule has 2 heterocycles. The van der Waals surface area contributed by atoms with Crippen LogP contribution >= 0.6 is 22.6 Å². The van der Waals surface area contributed by atoms with Gasteiger partial charge in [-0.2, -0.15) is 0 Å². The fourth-order valence-corrected chi connectivity index (χ4v) is 3.84. The Morgan fingerprint density at radius 1 is 0.686 bits per heavy atom. The average molecular weight is 580 g/mol. The minimum atomic E-state index is -0.334. The summed E-state index contributed by atoms with van der Waals surface area (Å²) in [4.78, 5) is 31.6. The summed E-state index contributed by atoms with van der Waals surface area (Å²) in [5.41, 5.74) is 6.82. The van der Waals surface area contributed by atoms with Crippen molar-refractivity contribution in [2.45, 2.75) is 13.8 Å². The number of pyridine rings is 2. The van der Waals surface area contributed by atoms with E-state index in [2.05, 4.69) is 37.3 Å². The number of rotatable bonds is 4. The number of carbonyl (C=O) groups excluding carboxylic acids is 2. The van der Waals surface area contributed by atoms with E-state index in [0.717, 1.165) is 37.2 Å². The maximum Gasteiger partial charge on any atom is 0.337 e. The summed E-state index contributed by atoms with van der Waals surface area (Å²) in [6, 6.07) is 20.7. The van der Waals surface area contributed by atoms with Crippen molar-refractivity contribution in [3.8, 4) is 22.5 Å². The van der Waals surface area contributed by atoms with E-state index in [0.29, 0.717) is 11.1 Å². The minimum absolute atomic E-state index is 0.332. The normalized spacial score (nSPS) is 10.1. The lowest BCUT2D eigenvalue weighted by Crippen LogP contribution is -2.02. The number of aromatic nitrogens is 2. The van der Waals surface area contributed by atoms with Crippen LogP contribution in [0.1, 0.15) is 31.8 Å². The number of methoxy groups -OCH3 is 2. The fraction of sp³-hybridized carbons (Fsp3) is 0.143. The smallest absolute Gasteiger partial charge is 0.337 e. The molecule has 6 nitrogen and oxygen atoms in total. The first-order chi connectivity index (χ1) is 16.8. The molecule has 0 radical (unpaired) electrons. The molecule has 0 spiro atoms. The summed E-state index contributed by atoms with van der Waals surface area (Å²) >= 11 is 2.18. The van der Waals surface area contributed by atoms with Crippen molar-refractivity contribution in [3.63, 3.8) is 0 Å². The molecule has 0 atom stereocenters. The minimum Gasteiger partial charge on any atom is -0.465 e. The third kappa shape index (κ3) is 7.19. The number of ether oxygens (including phenoxy) is 2. The third-order valence-electron chi connectivity index (χ3n) is 5.02. The number of hydrogen-bond acceptors (Lipinski definition) is 6. The van der Waals surface area contributed by atoms with Crippen molar-refractivity contribution in [2.24, 2.45) is 0 Å². The maximum absolute atomic E-state index is 11.6. The van der Waals surface area contributed by atoms with E-state index in [1.165, 1.54) is 14.2 Å². The lowest BCUT2D eigenvalue weighted by atomic mass is 10.1. The summed E-state index contributed by atoms with van der Waals surface area (Å²) in [5, 5.41) is 0. The monoisotopic (exact) mass is 580 g/mol. The van der Waals surface area contributed by atoms with Gasteiger partial charge in [0.05, 0.1) is 36.7 Å². The van der Waals surface area contributed by atoms with E-state index >= 15 is 0 Å². The number of hydrogen-bond donors (Lipinski definition) is 0. The first-order valence-electron chi connectivity index (χ1n) is 10.7. The van der Waals surface area contributed by atoms with Gasteiger partial charge in [0.15, 0.2) is 0 Å². The van der Waals surface area contributed by atoms with Gasteiger partial charge in [0, 0.05) is 27.1 Å². The van der Waals surface area contributed by atoms with Crippen LogP contribution < -0.4 is 0 Å². The number of nitrogens with zero attached hydrogens (tertiary/aromatic N) is 2. The summed E-state index contributed by atoms with van der Waals surface area (Å²) < 4.78 is 10.4. The molecule has 7 heteroatoms. The van der Waals surface area contributed by atoms with E-state index in [-0.39, 0.29) is 11.9 Å². The number of aryl methyl sites for hydroxylation is 2. The number of benzene rings is 2. The molecule has 0 aliphatic carbocycles. The summed E-state index contributed by atoms with van der Waals surface area (Å²) in [6.45, 7) is 3.98. The lowest BCUT2D eigenvalue weighted by Gasteiger charge is -2.05. The highest BCUT2D eigenvalue weighted by Gasteiger charge is 2.10. The second-order valence-electron chi connectivity index (χ2n) is 7.73. The van der Waals surface area contributed by atoms with E-state index in [4.69, 9.17) is 4.74 Å². The van der Waals surface area contributed by atoms with Crippen LogP contribution in [-0.2, 0) is 9.47 Å². The zero-order valence-corrected chi connectivity index (χ0v) is 22.1. The van der Waals surface area contributed by atoms with Crippen LogP contribution in [0.15, 0.2) is 79.1 Å². The summed E-state index contributed by atoms with van der Waals surface area (Å²) in [7, 11) is 2.76. The topological polar surface area (TPSA) is 78.4 Å². The molecule has 0 aliphatic heterocycles. The quantitative estimate of drug-likeness (QED) is 0.209. The Hall–Kier alpha value is -3.59. The average Bonchev–Trinajstić information content (AvgIpc) is 2.88. The first-order valence-corrected chi connectivity index (χ1v) is 11.8. The second-order valence-corrected chi connectivity index (χ2v) is 8.98. The van der Waals surface area contributed by atoms with Gasteiger partial charge in [-0.25, -0.2) is 9.59 Å². The van der Waals surface area contributed by atoms with Crippen molar-refractivity contribution in [1.82, 2.24) is 9.97 Å². The number of esters is 2. The molecule has 0 saturated carbocycles. The maximum atomic E-state index is 11.6. The van der Waals surface area contributed by atoms with Crippen molar-refractivity contribution in [3.05, 3.63) is 105 Å². The van der Waals surface area contributed by atoms with Gasteiger partial charge in [0.25, 0.3) is 0 Å². The van der Waals surface area contributed by atoms with Gasteiger partial charge in [-0.05, 0) is 90.0 Å². The van der Waals surface area contributed by atoms with Crippen molar-refractivity contribution in [2.75, 3.05) is 14.2 Å². The van der Waals surface area contributed by atoms with Crippen LogP contribution in [-0.4, -0.2) is 36.1 Å². The Kier molecular flexibility index (Phi) is 9.08.